The van der Waals surface area contributed by atoms with Crippen LogP contribution in [0.25, 0.3) is 27.9 Å². The summed E-state index contributed by atoms with van der Waals surface area (Å²) in [5.74, 6) is 1.38. The Kier molecular flexibility index (Phi) is 3.98. The van der Waals surface area contributed by atoms with E-state index in [1.54, 1.807) is 0 Å². The molecule has 2 heterocycles. The highest BCUT2D eigenvalue weighted by Gasteiger charge is 2.14. The van der Waals surface area contributed by atoms with Crippen LogP contribution in [0.4, 0.5) is 5.95 Å². The fourth-order valence-corrected chi connectivity index (χ4v) is 3.35. The van der Waals surface area contributed by atoms with Gasteiger partial charge in [0.05, 0.1) is 5.52 Å². The molecule has 5 rings (SSSR count). The second kappa shape index (κ2) is 6.78. The number of para-hydroxylation sites is 1. The van der Waals surface area contributed by atoms with E-state index >= 15 is 0 Å². The number of rotatable bonds is 4. The average molecular weight is 365 g/mol. The van der Waals surface area contributed by atoms with Crippen LogP contribution in [-0.4, -0.2) is 19.6 Å². The molecule has 0 saturated carbocycles. The van der Waals surface area contributed by atoms with Crippen molar-refractivity contribution in [2.24, 2.45) is 0 Å². The smallest absolute Gasteiger partial charge is 0.226 e. The molecule has 0 unspecified atom stereocenters. The van der Waals surface area contributed by atoms with E-state index in [-0.39, 0.29) is 0 Å². The topological polar surface area (TPSA) is 55.1 Å². The van der Waals surface area contributed by atoms with Crippen molar-refractivity contribution in [1.82, 2.24) is 19.6 Å². The molecule has 3 aromatic carbocycles. The van der Waals surface area contributed by atoms with Crippen LogP contribution >= 0.6 is 0 Å². The highest BCUT2D eigenvalue weighted by atomic mass is 15.4. The lowest BCUT2D eigenvalue weighted by atomic mass is 10.1. The minimum absolute atomic E-state index is 0.668. The van der Waals surface area contributed by atoms with E-state index in [4.69, 9.17) is 15.1 Å². The maximum absolute atomic E-state index is 4.84. The van der Waals surface area contributed by atoms with E-state index < -0.39 is 0 Å². The molecule has 0 amide bonds. The third-order valence-electron chi connectivity index (χ3n) is 4.75. The number of hydrogen-bond acceptors (Lipinski definition) is 4. The Hall–Kier alpha value is -3.73. The first kappa shape index (κ1) is 16.4. The number of nitrogens with one attached hydrogen (secondary N) is 1. The molecule has 0 aliphatic carbocycles. The van der Waals surface area contributed by atoms with Gasteiger partial charge in [-0.05, 0) is 30.7 Å². The second-order valence-corrected chi connectivity index (χ2v) is 6.83. The van der Waals surface area contributed by atoms with Crippen LogP contribution < -0.4 is 5.32 Å². The number of hydrogen-bond donors (Lipinski definition) is 1. The lowest BCUT2D eigenvalue weighted by molar-refractivity contribution is 0.920. The first-order chi connectivity index (χ1) is 13.8. The fourth-order valence-electron chi connectivity index (χ4n) is 3.35. The summed E-state index contributed by atoms with van der Waals surface area (Å²) in [4.78, 5) is 9.63. The summed E-state index contributed by atoms with van der Waals surface area (Å²) in [7, 11) is 0. The van der Waals surface area contributed by atoms with E-state index in [0.29, 0.717) is 18.3 Å². The third kappa shape index (κ3) is 2.97. The van der Waals surface area contributed by atoms with Crippen molar-refractivity contribution in [3.05, 3.63) is 90.0 Å². The van der Waals surface area contributed by atoms with Gasteiger partial charge in [-0.1, -0.05) is 66.2 Å². The Balaban J connectivity index is 1.65. The van der Waals surface area contributed by atoms with Gasteiger partial charge in [0.25, 0.3) is 0 Å². The van der Waals surface area contributed by atoms with Gasteiger partial charge in [0, 0.05) is 17.5 Å². The molecule has 5 nitrogen and oxygen atoms in total. The van der Waals surface area contributed by atoms with Crippen molar-refractivity contribution in [3.63, 3.8) is 0 Å². The minimum atomic E-state index is 0.668. The Morgan fingerprint density at radius 1 is 0.857 bits per heavy atom. The quantitative estimate of drug-likeness (QED) is 0.494. The first-order valence-electron chi connectivity index (χ1n) is 9.28. The van der Waals surface area contributed by atoms with Gasteiger partial charge < -0.3 is 5.32 Å². The molecule has 0 fully saturated rings. The number of nitrogens with zero attached hydrogens (tertiary/aromatic N) is 4. The minimum Gasteiger partial charge on any atom is -0.350 e. The van der Waals surface area contributed by atoms with Crippen LogP contribution in [0.15, 0.2) is 78.9 Å². The predicted octanol–water partition coefficient (Wildman–Crippen LogP) is 4.87. The van der Waals surface area contributed by atoms with Crippen LogP contribution in [0.2, 0.25) is 0 Å². The summed E-state index contributed by atoms with van der Waals surface area (Å²) in [6.07, 6.45) is 0. The lowest BCUT2D eigenvalue weighted by Crippen LogP contribution is -2.08. The van der Waals surface area contributed by atoms with E-state index in [9.17, 15) is 0 Å². The summed E-state index contributed by atoms with van der Waals surface area (Å²) in [5, 5.41) is 9.17. The van der Waals surface area contributed by atoms with Crippen LogP contribution in [0.3, 0.4) is 0 Å². The number of fused-ring (bicyclic) bond motifs is 3. The van der Waals surface area contributed by atoms with Crippen LogP contribution in [0.5, 0.6) is 0 Å². The number of benzene rings is 3. The van der Waals surface area contributed by atoms with E-state index in [1.165, 1.54) is 11.1 Å². The van der Waals surface area contributed by atoms with Gasteiger partial charge in [0.2, 0.25) is 5.95 Å². The zero-order valence-electron chi connectivity index (χ0n) is 15.5. The molecule has 0 spiro atoms. The van der Waals surface area contributed by atoms with Gasteiger partial charge in [-0.3, -0.25) is 0 Å². The number of aryl methyl sites for hydroxylation is 1. The molecule has 0 aliphatic heterocycles. The third-order valence-corrected chi connectivity index (χ3v) is 4.75. The van der Waals surface area contributed by atoms with Crippen LogP contribution in [0, 0.1) is 6.92 Å². The SMILES string of the molecule is Cc1cccc(-c2nc3c4ccccc4nc(NCc4ccccc4)n3n2)c1. The summed E-state index contributed by atoms with van der Waals surface area (Å²) in [5.41, 5.74) is 5.07. The Bertz CT molecular complexity index is 1270. The summed E-state index contributed by atoms with van der Waals surface area (Å²) < 4.78 is 1.81. The zero-order chi connectivity index (χ0) is 18.9. The van der Waals surface area contributed by atoms with Crippen molar-refractivity contribution in [2.75, 3.05) is 5.32 Å². The van der Waals surface area contributed by atoms with E-state index in [1.807, 2.05) is 59.1 Å². The molecule has 5 aromatic rings. The van der Waals surface area contributed by atoms with Gasteiger partial charge in [-0.25, -0.2) is 9.97 Å². The molecule has 28 heavy (non-hydrogen) atoms. The standard InChI is InChI=1S/C23H19N5/c1-16-8-7-11-18(14-16)21-26-22-19-12-5-6-13-20(19)25-23(28(22)27-21)24-15-17-9-3-2-4-10-17/h2-14H,15H2,1H3,(H,24,25). The van der Waals surface area contributed by atoms with E-state index in [0.717, 1.165) is 22.1 Å². The summed E-state index contributed by atoms with van der Waals surface area (Å²) >= 11 is 0. The second-order valence-electron chi connectivity index (χ2n) is 6.83. The Labute approximate surface area is 162 Å². The van der Waals surface area contributed by atoms with Crippen molar-refractivity contribution in [2.45, 2.75) is 13.5 Å². The molecule has 0 saturated heterocycles. The molecule has 2 aromatic heterocycles. The highest BCUT2D eigenvalue weighted by molar-refractivity contribution is 5.92. The molecule has 5 heteroatoms. The van der Waals surface area contributed by atoms with Crippen molar-refractivity contribution < 1.29 is 0 Å². The van der Waals surface area contributed by atoms with Crippen molar-refractivity contribution in [1.29, 1.82) is 0 Å². The largest absolute Gasteiger partial charge is 0.350 e. The maximum Gasteiger partial charge on any atom is 0.226 e. The van der Waals surface area contributed by atoms with Gasteiger partial charge in [0.15, 0.2) is 11.5 Å². The van der Waals surface area contributed by atoms with E-state index in [2.05, 4.69) is 36.5 Å². The molecule has 0 atom stereocenters. The van der Waals surface area contributed by atoms with Gasteiger partial charge in [0.1, 0.15) is 0 Å². The molecule has 0 bridgehead atoms. The molecule has 136 valence electrons. The molecule has 1 N–H and O–H groups in total. The normalized spacial score (nSPS) is 11.2. The van der Waals surface area contributed by atoms with Gasteiger partial charge in [-0.2, -0.15) is 4.52 Å². The Morgan fingerprint density at radius 2 is 1.68 bits per heavy atom. The monoisotopic (exact) mass is 365 g/mol. The molecular weight excluding hydrogens is 346 g/mol. The fraction of sp³-hybridized carbons (Fsp3) is 0.0870. The van der Waals surface area contributed by atoms with Gasteiger partial charge >= 0.3 is 0 Å². The summed E-state index contributed by atoms with van der Waals surface area (Å²) in [6.45, 7) is 2.74. The first-order valence-corrected chi connectivity index (χ1v) is 9.28. The van der Waals surface area contributed by atoms with Crippen molar-refractivity contribution >= 4 is 22.5 Å². The van der Waals surface area contributed by atoms with Crippen molar-refractivity contribution in [3.8, 4) is 11.4 Å². The van der Waals surface area contributed by atoms with Crippen LogP contribution in [0.1, 0.15) is 11.1 Å². The maximum atomic E-state index is 4.84. The molecule has 0 aliphatic rings. The summed E-state index contributed by atoms with van der Waals surface area (Å²) in [6, 6.07) is 26.5. The average Bonchev–Trinajstić information content (AvgIpc) is 3.19. The van der Waals surface area contributed by atoms with Gasteiger partial charge in [-0.15, -0.1) is 5.10 Å². The lowest BCUT2D eigenvalue weighted by Gasteiger charge is -2.09. The Morgan fingerprint density at radius 3 is 2.54 bits per heavy atom. The highest BCUT2D eigenvalue weighted by Crippen LogP contribution is 2.24. The number of anilines is 1. The molecule has 0 radical (unpaired) electrons. The van der Waals surface area contributed by atoms with Crippen LogP contribution in [-0.2, 0) is 6.54 Å². The predicted molar refractivity (Wildman–Crippen MR) is 112 cm³/mol. The zero-order valence-corrected chi connectivity index (χ0v) is 15.5. The number of aromatic nitrogens is 4. The molecular formula is C23H19N5.